The van der Waals surface area contributed by atoms with E-state index in [0.29, 0.717) is 43.1 Å². The highest BCUT2D eigenvalue weighted by molar-refractivity contribution is 6.30. The van der Waals surface area contributed by atoms with Crippen molar-refractivity contribution in [1.82, 2.24) is 9.80 Å². The van der Waals surface area contributed by atoms with Gasteiger partial charge in [0.1, 0.15) is 5.75 Å². The molecule has 0 saturated carbocycles. The number of carboxylic acids is 1. The van der Waals surface area contributed by atoms with E-state index in [1.807, 2.05) is 0 Å². The number of halogens is 1. The normalized spacial score (nSPS) is 19.6. The van der Waals surface area contributed by atoms with Gasteiger partial charge in [-0.25, -0.2) is 0 Å². The van der Waals surface area contributed by atoms with E-state index < -0.39 is 18.0 Å². The molecule has 0 aromatic heterocycles. The predicted molar refractivity (Wildman–Crippen MR) is 94.1 cm³/mol. The lowest BCUT2D eigenvalue weighted by atomic mass is 9.97. The van der Waals surface area contributed by atoms with Crippen molar-refractivity contribution >= 4 is 29.4 Å². The number of piperidine rings is 1. The molecule has 2 aliphatic rings. The minimum atomic E-state index is -0.817. The number of hydrogen-bond acceptors (Lipinski definition) is 4. The maximum Gasteiger partial charge on any atom is 0.306 e. The van der Waals surface area contributed by atoms with Crippen LogP contribution in [0.15, 0.2) is 18.2 Å². The van der Waals surface area contributed by atoms with Gasteiger partial charge in [0.15, 0.2) is 6.10 Å². The summed E-state index contributed by atoms with van der Waals surface area (Å²) in [5, 5.41) is 9.61. The maximum atomic E-state index is 12.6. The van der Waals surface area contributed by atoms with Gasteiger partial charge in [-0.2, -0.15) is 0 Å². The van der Waals surface area contributed by atoms with Gasteiger partial charge in [-0.05, 0) is 36.6 Å². The number of aliphatic carboxylic acids is 1. The zero-order chi connectivity index (χ0) is 18.8. The summed E-state index contributed by atoms with van der Waals surface area (Å²) in [6, 6.07) is 5.23. The van der Waals surface area contributed by atoms with Crippen molar-refractivity contribution in [1.29, 1.82) is 0 Å². The molecule has 1 unspecified atom stereocenters. The van der Waals surface area contributed by atoms with Gasteiger partial charge >= 0.3 is 5.97 Å². The van der Waals surface area contributed by atoms with Gasteiger partial charge in [0.2, 0.25) is 5.91 Å². The first-order valence-corrected chi connectivity index (χ1v) is 8.93. The number of carbonyl (C=O) groups excluding carboxylic acids is 2. The van der Waals surface area contributed by atoms with E-state index in [-0.39, 0.29) is 18.4 Å². The number of rotatable bonds is 4. The molecule has 1 atom stereocenters. The molecule has 0 spiro atoms. The number of likely N-dealkylation sites (tertiary alicyclic amines) is 1. The Hall–Kier alpha value is -2.28. The zero-order valence-electron chi connectivity index (χ0n) is 14.5. The quantitative estimate of drug-likeness (QED) is 0.853. The van der Waals surface area contributed by atoms with Gasteiger partial charge in [0, 0.05) is 31.6 Å². The average Bonchev–Trinajstić information content (AvgIpc) is 3.04. The van der Waals surface area contributed by atoms with Gasteiger partial charge < -0.3 is 19.6 Å². The lowest BCUT2D eigenvalue weighted by Crippen LogP contribution is -2.48. The summed E-state index contributed by atoms with van der Waals surface area (Å²) in [6.45, 7) is 0.761. The highest BCUT2D eigenvalue weighted by atomic mass is 35.5. The second-order valence-corrected chi connectivity index (χ2v) is 7.19. The lowest BCUT2D eigenvalue weighted by Gasteiger charge is -2.31. The summed E-state index contributed by atoms with van der Waals surface area (Å²) < 4.78 is 5.67. The van der Waals surface area contributed by atoms with Crippen molar-refractivity contribution in [2.45, 2.75) is 25.4 Å². The Morgan fingerprint density at radius 3 is 2.65 bits per heavy atom. The smallest absolute Gasteiger partial charge is 0.306 e. The fourth-order valence-corrected chi connectivity index (χ4v) is 3.55. The predicted octanol–water partition coefficient (Wildman–Crippen LogP) is 1.43. The maximum absolute atomic E-state index is 12.6. The Labute approximate surface area is 156 Å². The minimum absolute atomic E-state index is 0.0481. The molecule has 140 valence electrons. The molecule has 2 amide bonds. The van der Waals surface area contributed by atoms with E-state index >= 15 is 0 Å². The first-order valence-electron chi connectivity index (χ1n) is 8.56. The summed E-state index contributed by atoms with van der Waals surface area (Å²) >= 11 is 5.96. The Kier molecular flexibility index (Phi) is 5.36. The van der Waals surface area contributed by atoms with E-state index in [2.05, 4.69) is 0 Å². The Balaban J connectivity index is 1.52. The van der Waals surface area contributed by atoms with Crippen LogP contribution in [0.25, 0.3) is 0 Å². The first-order chi connectivity index (χ1) is 12.3. The van der Waals surface area contributed by atoms with Gasteiger partial charge in [0.25, 0.3) is 5.91 Å². The number of benzene rings is 1. The van der Waals surface area contributed by atoms with Crippen LogP contribution in [0.2, 0.25) is 5.02 Å². The number of carbonyl (C=O) groups is 3. The summed E-state index contributed by atoms with van der Waals surface area (Å²) in [5.74, 6) is -1.00. The van der Waals surface area contributed by atoms with Gasteiger partial charge in [-0.3, -0.25) is 14.4 Å². The van der Waals surface area contributed by atoms with E-state index in [0.717, 1.165) is 5.56 Å². The molecule has 26 heavy (non-hydrogen) atoms. The zero-order valence-corrected chi connectivity index (χ0v) is 15.2. The fraction of sp³-hybridized carbons (Fsp3) is 0.500. The lowest BCUT2D eigenvalue weighted by molar-refractivity contribution is -0.147. The Morgan fingerprint density at radius 1 is 1.31 bits per heavy atom. The van der Waals surface area contributed by atoms with Crippen LogP contribution in [0.4, 0.5) is 0 Å². The third-order valence-electron chi connectivity index (χ3n) is 4.92. The van der Waals surface area contributed by atoms with Crippen molar-refractivity contribution in [3.8, 4) is 5.75 Å². The molecule has 8 heteroatoms. The Bertz CT molecular complexity index is 730. The molecule has 1 N–H and O–H groups in total. The van der Waals surface area contributed by atoms with Crippen molar-refractivity contribution in [2.75, 3.05) is 26.7 Å². The number of ether oxygens (including phenoxy) is 1. The number of fused-ring (bicyclic) bond motifs is 1. The fourth-order valence-electron chi connectivity index (χ4n) is 3.36. The van der Waals surface area contributed by atoms with Crippen molar-refractivity contribution in [2.24, 2.45) is 5.92 Å². The van der Waals surface area contributed by atoms with Crippen molar-refractivity contribution < 1.29 is 24.2 Å². The van der Waals surface area contributed by atoms with E-state index in [1.54, 1.807) is 30.1 Å². The average molecular weight is 381 g/mol. The molecule has 0 radical (unpaired) electrons. The molecular formula is C18H21ClN2O5. The van der Waals surface area contributed by atoms with Crippen LogP contribution in [-0.2, 0) is 20.8 Å². The molecule has 2 heterocycles. The van der Waals surface area contributed by atoms with E-state index in [4.69, 9.17) is 21.4 Å². The highest BCUT2D eigenvalue weighted by Gasteiger charge is 2.33. The molecule has 3 rings (SSSR count). The van der Waals surface area contributed by atoms with Crippen LogP contribution in [0, 0.1) is 5.92 Å². The van der Waals surface area contributed by atoms with E-state index in [1.165, 1.54) is 4.90 Å². The standard InChI is InChI=1S/C18H21ClN2O5/c1-20(10-16(22)21-6-4-11(5-7-21)18(24)25)17(23)15-9-12-8-13(19)2-3-14(12)26-15/h2-3,8,11,15H,4-7,9-10H2,1H3,(H,24,25). The van der Waals surface area contributed by atoms with Crippen LogP contribution in [0.3, 0.4) is 0 Å². The third kappa shape index (κ3) is 3.93. The topological polar surface area (TPSA) is 87.2 Å². The molecular weight excluding hydrogens is 360 g/mol. The van der Waals surface area contributed by atoms with Crippen LogP contribution in [-0.4, -0.2) is 65.5 Å². The largest absolute Gasteiger partial charge is 0.481 e. The Morgan fingerprint density at radius 2 is 2.00 bits per heavy atom. The number of carboxylic acid groups (broad SMARTS) is 1. The third-order valence-corrected chi connectivity index (χ3v) is 5.15. The molecule has 1 aromatic carbocycles. The number of hydrogen-bond donors (Lipinski definition) is 1. The second-order valence-electron chi connectivity index (χ2n) is 6.75. The van der Waals surface area contributed by atoms with Gasteiger partial charge in [0.05, 0.1) is 12.5 Å². The highest BCUT2D eigenvalue weighted by Crippen LogP contribution is 2.31. The van der Waals surface area contributed by atoms with Crippen molar-refractivity contribution in [3.05, 3.63) is 28.8 Å². The summed E-state index contributed by atoms with van der Waals surface area (Å²) in [7, 11) is 1.57. The van der Waals surface area contributed by atoms with Crippen LogP contribution >= 0.6 is 11.6 Å². The molecule has 7 nitrogen and oxygen atoms in total. The monoisotopic (exact) mass is 380 g/mol. The minimum Gasteiger partial charge on any atom is -0.481 e. The number of amides is 2. The SMILES string of the molecule is CN(CC(=O)N1CCC(C(=O)O)CC1)C(=O)C1Cc2cc(Cl)ccc2O1. The van der Waals surface area contributed by atoms with Crippen molar-refractivity contribution in [3.63, 3.8) is 0 Å². The van der Waals surface area contributed by atoms with Crippen LogP contribution < -0.4 is 4.74 Å². The summed E-state index contributed by atoms with van der Waals surface area (Å²) in [6.07, 6.45) is 0.664. The van der Waals surface area contributed by atoms with Crippen LogP contribution in [0.1, 0.15) is 18.4 Å². The van der Waals surface area contributed by atoms with E-state index in [9.17, 15) is 14.4 Å². The molecule has 0 aliphatic carbocycles. The van der Waals surface area contributed by atoms with Crippen LogP contribution in [0.5, 0.6) is 5.75 Å². The summed E-state index contributed by atoms with van der Waals surface area (Å²) in [5.41, 5.74) is 0.881. The molecule has 1 saturated heterocycles. The number of likely N-dealkylation sites (N-methyl/N-ethyl adjacent to an activating group) is 1. The molecule has 1 fully saturated rings. The first kappa shape index (κ1) is 18.5. The number of nitrogens with zero attached hydrogens (tertiary/aromatic N) is 2. The summed E-state index contributed by atoms with van der Waals surface area (Å²) in [4.78, 5) is 38.9. The van der Waals surface area contributed by atoms with Gasteiger partial charge in [-0.1, -0.05) is 11.6 Å². The van der Waals surface area contributed by atoms with Gasteiger partial charge in [-0.15, -0.1) is 0 Å². The molecule has 0 bridgehead atoms. The second kappa shape index (κ2) is 7.53. The molecule has 2 aliphatic heterocycles. The molecule has 1 aromatic rings.